The summed E-state index contributed by atoms with van der Waals surface area (Å²) < 4.78 is 0. The van der Waals surface area contributed by atoms with E-state index >= 15 is 0 Å². The lowest BCUT2D eigenvalue weighted by molar-refractivity contribution is -0.132. The van der Waals surface area contributed by atoms with E-state index in [-0.39, 0.29) is 12.3 Å². The molecule has 0 saturated carbocycles. The van der Waals surface area contributed by atoms with Crippen LogP contribution >= 0.6 is 0 Å². The number of carbonyl (C=O) groups is 2. The second-order valence-corrected chi connectivity index (χ2v) is 2.45. The van der Waals surface area contributed by atoms with Crippen molar-refractivity contribution in [3.63, 3.8) is 0 Å². The van der Waals surface area contributed by atoms with Gasteiger partial charge in [0, 0.05) is 12.2 Å². The van der Waals surface area contributed by atoms with Crippen LogP contribution in [-0.2, 0) is 9.59 Å². The van der Waals surface area contributed by atoms with Crippen LogP contribution < -0.4 is 12.3 Å². The highest BCUT2D eigenvalue weighted by atomic mass is 16.4. The summed E-state index contributed by atoms with van der Waals surface area (Å²) in [7, 11) is 0. The van der Waals surface area contributed by atoms with Crippen molar-refractivity contribution in [2.45, 2.75) is 13.8 Å². The Labute approximate surface area is 107 Å². The van der Waals surface area contributed by atoms with Crippen molar-refractivity contribution in [3.05, 3.63) is 48.6 Å². The summed E-state index contributed by atoms with van der Waals surface area (Å²) in [6.07, 6.45) is 12.0. The van der Waals surface area contributed by atoms with Crippen LogP contribution in [0.25, 0.3) is 0 Å². The standard InChI is InChI=1S/2C6H8O2.2H3N/c2*1-2-3-4-5-6(7)8;;/h2*2-5H,1H3,(H,7,8);2*1H3/b2*3-2+,5-4+;;. The van der Waals surface area contributed by atoms with Gasteiger partial charge in [-0.1, -0.05) is 36.5 Å². The predicted molar refractivity (Wildman–Crippen MR) is 73.2 cm³/mol. The Morgan fingerprint density at radius 2 is 1.00 bits per heavy atom. The Morgan fingerprint density at radius 1 is 0.722 bits per heavy atom. The van der Waals surface area contributed by atoms with Crippen LogP contribution in [0.3, 0.4) is 0 Å². The van der Waals surface area contributed by atoms with Gasteiger partial charge in [0.05, 0.1) is 0 Å². The van der Waals surface area contributed by atoms with Crippen molar-refractivity contribution in [2.24, 2.45) is 0 Å². The second kappa shape index (κ2) is 20.3. The first-order valence-electron chi connectivity index (χ1n) is 4.59. The Hall–Kier alpha value is -2.18. The first-order chi connectivity index (χ1) is 7.54. The van der Waals surface area contributed by atoms with Gasteiger partial charge < -0.3 is 22.5 Å². The van der Waals surface area contributed by atoms with Crippen molar-refractivity contribution in [1.29, 1.82) is 0 Å². The first-order valence-corrected chi connectivity index (χ1v) is 4.59. The lowest BCUT2D eigenvalue weighted by atomic mass is 10.4. The molecule has 0 saturated heterocycles. The highest BCUT2D eigenvalue weighted by Gasteiger charge is 1.79. The van der Waals surface area contributed by atoms with Gasteiger partial charge in [0.2, 0.25) is 0 Å². The van der Waals surface area contributed by atoms with Crippen LogP contribution in [0.15, 0.2) is 48.6 Å². The molecule has 0 fully saturated rings. The molecule has 18 heavy (non-hydrogen) atoms. The molecule has 0 aliphatic heterocycles. The van der Waals surface area contributed by atoms with E-state index in [0.717, 1.165) is 12.2 Å². The van der Waals surface area contributed by atoms with Gasteiger partial charge >= 0.3 is 11.9 Å². The highest BCUT2D eigenvalue weighted by Crippen LogP contribution is 1.75. The quantitative estimate of drug-likeness (QED) is 0.450. The topological polar surface area (TPSA) is 145 Å². The summed E-state index contributed by atoms with van der Waals surface area (Å²) in [4.78, 5) is 19.5. The van der Waals surface area contributed by atoms with Gasteiger partial charge in [0.25, 0.3) is 0 Å². The third kappa shape index (κ3) is 37.1. The summed E-state index contributed by atoms with van der Waals surface area (Å²) in [5.41, 5.74) is 0. The summed E-state index contributed by atoms with van der Waals surface area (Å²) in [5.74, 6) is -1.83. The molecule has 0 amide bonds. The maximum Gasteiger partial charge on any atom is 0.328 e. The number of rotatable bonds is 4. The zero-order valence-electron chi connectivity index (χ0n) is 10.7. The lowest BCUT2D eigenvalue weighted by Crippen LogP contribution is -1.83. The molecule has 0 spiro atoms. The van der Waals surface area contributed by atoms with Gasteiger partial charge in [-0.25, -0.2) is 9.59 Å². The number of hydrogen-bond acceptors (Lipinski definition) is 4. The Bertz CT molecular complexity index is 286. The van der Waals surface area contributed by atoms with Crippen molar-refractivity contribution < 1.29 is 19.8 Å². The van der Waals surface area contributed by atoms with Gasteiger partial charge in [0.1, 0.15) is 0 Å². The van der Waals surface area contributed by atoms with Crippen LogP contribution in [-0.4, -0.2) is 22.2 Å². The Morgan fingerprint density at radius 3 is 1.17 bits per heavy atom. The monoisotopic (exact) mass is 258 g/mol. The van der Waals surface area contributed by atoms with E-state index in [1.54, 1.807) is 24.3 Å². The van der Waals surface area contributed by atoms with E-state index in [0.29, 0.717) is 0 Å². The van der Waals surface area contributed by atoms with Gasteiger partial charge in [-0.2, -0.15) is 0 Å². The molecule has 0 aliphatic rings. The minimum atomic E-state index is -0.914. The molecule has 0 aliphatic carbocycles. The average molecular weight is 258 g/mol. The maximum absolute atomic E-state index is 9.75. The smallest absolute Gasteiger partial charge is 0.328 e. The van der Waals surface area contributed by atoms with E-state index in [4.69, 9.17) is 10.2 Å². The maximum atomic E-state index is 9.75. The molecule has 0 heterocycles. The molecular formula is C12H22N2O4. The zero-order valence-corrected chi connectivity index (χ0v) is 10.7. The van der Waals surface area contributed by atoms with E-state index < -0.39 is 11.9 Å². The zero-order chi connectivity index (χ0) is 12.8. The van der Waals surface area contributed by atoms with E-state index in [9.17, 15) is 9.59 Å². The second-order valence-electron chi connectivity index (χ2n) is 2.45. The molecule has 0 aromatic carbocycles. The van der Waals surface area contributed by atoms with Crippen molar-refractivity contribution in [2.75, 3.05) is 0 Å². The van der Waals surface area contributed by atoms with E-state index in [2.05, 4.69) is 0 Å². The molecule has 0 aromatic rings. The number of allylic oxidation sites excluding steroid dienone is 6. The molecule has 0 bridgehead atoms. The normalized spacial score (nSPS) is 9.89. The summed E-state index contributed by atoms with van der Waals surface area (Å²) in [5, 5.41) is 16.0. The molecule has 0 unspecified atom stereocenters. The Balaban J connectivity index is -0.0000000980. The number of hydrogen-bond donors (Lipinski definition) is 4. The largest absolute Gasteiger partial charge is 0.478 e. The van der Waals surface area contributed by atoms with Crippen molar-refractivity contribution >= 4 is 11.9 Å². The van der Waals surface area contributed by atoms with Gasteiger partial charge in [0.15, 0.2) is 0 Å². The molecule has 0 rings (SSSR count). The van der Waals surface area contributed by atoms with Crippen LogP contribution in [0.4, 0.5) is 0 Å². The van der Waals surface area contributed by atoms with Gasteiger partial charge in [-0.3, -0.25) is 0 Å². The SMILES string of the molecule is C/C=C/C=C/C(=O)O.C/C=C/C=C/C(=O)O.N.N. The minimum Gasteiger partial charge on any atom is -0.478 e. The average Bonchev–Trinajstić information content (AvgIpc) is 2.18. The molecule has 0 atom stereocenters. The third-order valence-electron chi connectivity index (χ3n) is 1.08. The minimum absolute atomic E-state index is 0. The number of carboxylic acids is 2. The molecular weight excluding hydrogens is 236 g/mol. The molecule has 104 valence electrons. The summed E-state index contributed by atoms with van der Waals surface area (Å²) >= 11 is 0. The summed E-state index contributed by atoms with van der Waals surface area (Å²) in [6, 6.07) is 0. The molecule has 8 N–H and O–H groups in total. The van der Waals surface area contributed by atoms with Gasteiger partial charge in [-0.15, -0.1) is 0 Å². The predicted octanol–water partition coefficient (Wildman–Crippen LogP) is 2.73. The van der Waals surface area contributed by atoms with Gasteiger partial charge in [-0.05, 0) is 13.8 Å². The molecule has 0 radical (unpaired) electrons. The molecule has 6 nitrogen and oxygen atoms in total. The van der Waals surface area contributed by atoms with Crippen LogP contribution in [0.1, 0.15) is 13.8 Å². The fourth-order valence-electron chi connectivity index (χ4n) is 0.498. The number of carboxylic acid groups (broad SMARTS) is 2. The first kappa shape index (κ1) is 24.9. The Kier molecular flexibility index (Phi) is 28.0. The number of aliphatic carboxylic acids is 2. The summed E-state index contributed by atoms with van der Waals surface area (Å²) in [6.45, 7) is 3.65. The molecule has 0 aromatic heterocycles. The highest BCUT2D eigenvalue weighted by molar-refractivity contribution is 5.80. The van der Waals surface area contributed by atoms with E-state index in [1.165, 1.54) is 12.2 Å². The third-order valence-corrected chi connectivity index (χ3v) is 1.08. The molecule has 6 heteroatoms. The van der Waals surface area contributed by atoms with Crippen LogP contribution in [0, 0.1) is 0 Å². The van der Waals surface area contributed by atoms with Crippen LogP contribution in [0.2, 0.25) is 0 Å². The van der Waals surface area contributed by atoms with Crippen molar-refractivity contribution in [3.8, 4) is 0 Å². The fraction of sp³-hybridized carbons (Fsp3) is 0.167. The van der Waals surface area contributed by atoms with Crippen LogP contribution in [0.5, 0.6) is 0 Å². The van der Waals surface area contributed by atoms with E-state index in [1.807, 2.05) is 13.8 Å². The van der Waals surface area contributed by atoms with Crippen molar-refractivity contribution in [1.82, 2.24) is 12.3 Å². The fourth-order valence-corrected chi connectivity index (χ4v) is 0.498. The lowest BCUT2D eigenvalue weighted by Gasteiger charge is -1.72.